The van der Waals surface area contributed by atoms with Crippen molar-refractivity contribution in [3.63, 3.8) is 0 Å². The van der Waals surface area contributed by atoms with Gasteiger partial charge >= 0.3 is 0 Å². The van der Waals surface area contributed by atoms with Gasteiger partial charge in [-0.2, -0.15) is 0 Å². The molecular formula is C60H119NO9. The topological polar surface area (TPSA) is 169 Å². The molecule has 10 heteroatoms. The highest BCUT2D eigenvalue weighted by Crippen LogP contribution is 2.24. The van der Waals surface area contributed by atoms with Crippen LogP contribution in [-0.4, -0.2) is 98.7 Å². The molecule has 10 nitrogen and oxygen atoms in total. The molecule has 1 heterocycles. The summed E-state index contributed by atoms with van der Waals surface area (Å²) in [6.45, 7) is 3.65. The highest BCUT2D eigenvalue weighted by atomic mass is 16.7. The number of hydrogen-bond acceptors (Lipinski definition) is 9. The maximum atomic E-state index is 13.1. The summed E-state index contributed by atoms with van der Waals surface area (Å²) in [4.78, 5) is 13.1. The lowest BCUT2D eigenvalue weighted by molar-refractivity contribution is -0.303. The van der Waals surface area contributed by atoms with Crippen molar-refractivity contribution in [2.75, 3.05) is 13.2 Å². The van der Waals surface area contributed by atoms with E-state index in [1.807, 2.05) is 0 Å². The van der Waals surface area contributed by atoms with Crippen molar-refractivity contribution in [2.24, 2.45) is 0 Å². The Morgan fingerprint density at radius 1 is 0.443 bits per heavy atom. The second-order valence-corrected chi connectivity index (χ2v) is 22.0. The molecule has 1 saturated heterocycles. The summed E-state index contributed by atoms with van der Waals surface area (Å²) in [6, 6.07) is -0.986. The van der Waals surface area contributed by atoms with Gasteiger partial charge < -0.3 is 45.4 Å². The average Bonchev–Trinajstić information content (AvgIpc) is 3.36. The first-order chi connectivity index (χ1) is 34.3. The van der Waals surface area contributed by atoms with E-state index in [-0.39, 0.29) is 18.9 Å². The number of carbonyl (C=O) groups is 1. The molecule has 1 fully saturated rings. The molecule has 7 N–H and O–H groups in total. The predicted molar refractivity (Wildman–Crippen MR) is 292 cm³/mol. The molecule has 1 aliphatic heterocycles. The summed E-state index contributed by atoms with van der Waals surface area (Å²) in [5, 5.41) is 65.5. The first kappa shape index (κ1) is 67.2. The fourth-order valence-corrected chi connectivity index (χ4v) is 10.4. The number of carbonyl (C=O) groups excluding carboxylic acids is 1. The Hall–Kier alpha value is -0.850. The summed E-state index contributed by atoms with van der Waals surface area (Å²) in [7, 11) is 0. The van der Waals surface area contributed by atoms with Gasteiger partial charge in [-0.15, -0.1) is 0 Å². The number of hydrogen-bond donors (Lipinski definition) is 7. The Labute approximate surface area is 432 Å². The van der Waals surface area contributed by atoms with Crippen molar-refractivity contribution >= 4 is 5.91 Å². The number of unbranched alkanes of at least 4 members (excludes halogenated alkanes) is 43. The molecular weight excluding hydrogens is 879 g/mol. The molecule has 0 spiro atoms. The molecule has 0 aromatic heterocycles. The Balaban J connectivity index is 2.12. The summed E-state index contributed by atoms with van der Waals surface area (Å²) in [5.41, 5.74) is 0. The number of aliphatic hydroxyl groups excluding tert-OH is 6. The molecule has 0 radical (unpaired) electrons. The van der Waals surface area contributed by atoms with Gasteiger partial charge in [-0.3, -0.25) is 4.79 Å². The van der Waals surface area contributed by atoms with Gasteiger partial charge in [0.2, 0.25) is 5.91 Å². The van der Waals surface area contributed by atoms with E-state index >= 15 is 0 Å². The highest BCUT2D eigenvalue weighted by molar-refractivity contribution is 5.76. The van der Waals surface area contributed by atoms with E-state index in [4.69, 9.17) is 9.47 Å². The molecule has 0 saturated carbocycles. The zero-order valence-corrected chi connectivity index (χ0v) is 46.2. The number of amides is 1. The van der Waals surface area contributed by atoms with E-state index in [0.29, 0.717) is 6.42 Å². The minimum Gasteiger partial charge on any atom is -0.394 e. The van der Waals surface area contributed by atoms with Crippen LogP contribution in [0.5, 0.6) is 0 Å². The van der Waals surface area contributed by atoms with Crippen LogP contribution < -0.4 is 5.32 Å². The zero-order chi connectivity index (χ0) is 51.0. The molecule has 70 heavy (non-hydrogen) atoms. The van der Waals surface area contributed by atoms with Crippen LogP contribution in [0.15, 0.2) is 0 Å². The minimum absolute atomic E-state index is 0.250. The van der Waals surface area contributed by atoms with E-state index in [1.165, 1.54) is 250 Å². The molecule has 0 aromatic rings. The van der Waals surface area contributed by atoms with Gasteiger partial charge in [0, 0.05) is 6.42 Å². The molecule has 0 aromatic carbocycles. The van der Waals surface area contributed by atoms with Crippen LogP contribution in [0.2, 0.25) is 0 Å². The van der Waals surface area contributed by atoms with Crippen molar-refractivity contribution in [1.29, 1.82) is 0 Å². The van der Waals surface area contributed by atoms with Gasteiger partial charge in [-0.25, -0.2) is 0 Å². The summed E-state index contributed by atoms with van der Waals surface area (Å²) >= 11 is 0. The summed E-state index contributed by atoms with van der Waals surface area (Å²) < 4.78 is 11.2. The van der Waals surface area contributed by atoms with Gasteiger partial charge in [0.1, 0.15) is 30.5 Å². The monoisotopic (exact) mass is 998 g/mol. The number of nitrogens with one attached hydrogen (secondary N) is 1. The Morgan fingerprint density at radius 2 is 0.743 bits per heavy atom. The highest BCUT2D eigenvalue weighted by Gasteiger charge is 2.44. The van der Waals surface area contributed by atoms with E-state index < -0.39 is 55.6 Å². The average molecular weight is 999 g/mol. The molecule has 1 aliphatic rings. The summed E-state index contributed by atoms with van der Waals surface area (Å²) in [5.74, 6) is -0.250. The van der Waals surface area contributed by atoms with Crippen LogP contribution in [0.1, 0.15) is 316 Å². The Kier molecular flexibility index (Phi) is 48.3. The van der Waals surface area contributed by atoms with E-state index in [9.17, 15) is 35.4 Å². The maximum Gasteiger partial charge on any atom is 0.220 e. The van der Waals surface area contributed by atoms with Crippen molar-refractivity contribution < 1.29 is 44.9 Å². The van der Waals surface area contributed by atoms with E-state index in [1.54, 1.807) is 0 Å². The second-order valence-electron chi connectivity index (χ2n) is 22.0. The third kappa shape index (κ3) is 38.7. The molecule has 0 aliphatic carbocycles. The van der Waals surface area contributed by atoms with Crippen molar-refractivity contribution in [3.8, 4) is 0 Å². The van der Waals surface area contributed by atoms with Crippen LogP contribution in [0.25, 0.3) is 0 Å². The van der Waals surface area contributed by atoms with Gasteiger partial charge in [0.05, 0.1) is 25.4 Å². The van der Waals surface area contributed by atoms with Crippen LogP contribution in [-0.2, 0) is 14.3 Å². The van der Waals surface area contributed by atoms with Crippen molar-refractivity contribution in [2.45, 2.75) is 365 Å². The third-order valence-corrected chi connectivity index (χ3v) is 15.3. The third-order valence-electron chi connectivity index (χ3n) is 15.3. The molecule has 1 rings (SSSR count). The first-order valence-electron chi connectivity index (χ1n) is 30.8. The van der Waals surface area contributed by atoms with Gasteiger partial charge in [-0.1, -0.05) is 296 Å². The lowest BCUT2D eigenvalue weighted by Gasteiger charge is -2.40. The molecule has 418 valence electrons. The summed E-state index contributed by atoms with van der Waals surface area (Å²) in [6.07, 6.45) is 50.1. The van der Waals surface area contributed by atoms with Crippen LogP contribution in [0.3, 0.4) is 0 Å². The van der Waals surface area contributed by atoms with E-state index in [0.717, 1.165) is 38.5 Å². The fourth-order valence-electron chi connectivity index (χ4n) is 10.4. The second kappa shape index (κ2) is 50.3. The lowest BCUT2D eigenvalue weighted by atomic mass is 9.98. The maximum absolute atomic E-state index is 13.1. The first-order valence-corrected chi connectivity index (χ1v) is 30.8. The minimum atomic E-state index is -1.60. The quantitative estimate of drug-likeness (QED) is 0.0293. The Morgan fingerprint density at radius 3 is 1.06 bits per heavy atom. The number of aliphatic hydroxyl groups is 6. The van der Waals surface area contributed by atoms with E-state index in [2.05, 4.69) is 19.2 Å². The number of rotatable bonds is 54. The lowest BCUT2D eigenvalue weighted by Crippen LogP contribution is -2.60. The van der Waals surface area contributed by atoms with Gasteiger partial charge in [-0.05, 0) is 12.8 Å². The largest absolute Gasteiger partial charge is 0.394 e. The number of ether oxygens (including phenoxy) is 2. The van der Waals surface area contributed by atoms with Crippen LogP contribution in [0, 0.1) is 0 Å². The fraction of sp³-hybridized carbons (Fsp3) is 0.983. The van der Waals surface area contributed by atoms with Gasteiger partial charge in [0.15, 0.2) is 6.29 Å². The van der Waals surface area contributed by atoms with Crippen molar-refractivity contribution in [1.82, 2.24) is 5.32 Å². The molecule has 8 atom stereocenters. The van der Waals surface area contributed by atoms with Gasteiger partial charge in [0.25, 0.3) is 0 Å². The zero-order valence-electron chi connectivity index (χ0n) is 46.2. The predicted octanol–water partition coefficient (Wildman–Crippen LogP) is 14.4. The smallest absolute Gasteiger partial charge is 0.220 e. The van der Waals surface area contributed by atoms with Crippen LogP contribution >= 0.6 is 0 Å². The Bertz CT molecular complexity index is 1080. The normalized spacial score (nSPS) is 19.7. The SMILES string of the molecule is CCCCCCCCCCCCCCCCCCCCCCCCCCCCCCCCCCC(=O)N[C@@H](CO[C@@H]1O[C@H](CO)[C@@H](O)C(O)C1O)[C@H](O)[C@H](O)CCCCCCCCCCCCCCC. The standard InChI is InChI=1S/C60H119NO9/c1-3-5-7-9-11-13-15-17-18-19-20-21-22-23-24-25-26-27-28-29-30-31-32-33-34-35-37-39-41-43-45-47-49-55(64)61-52(51-69-60-59(68)58(67)57(66)54(50-62)70-60)56(65)53(63)48-46-44-42-40-38-36-16-14-12-10-8-6-4-2/h52-54,56-60,62-63,65-68H,3-51H2,1-2H3,(H,61,64)/t52-,53+,54+,56-,57+,58?,59?,60+/m0/s1. The van der Waals surface area contributed by atoms with Crippen molar-refractivity contribution in [3.05, 3.63) is 0 Å². The molecule has 1 amide bonds. The molecule has 0 bridgehead atoms. The van der Waals surface area contributed by atoms with Crippen LogP contribution in [0.4, 0.5) is 0 Å². The molecule has 2 unspecified atom stereocenters.